The van der Waals surface area contributed by atoms with Crippen LogP contribution in [0.25, 0.3) is 0 Å². The van der Waals surface area contributed by atoms with Crippen LogP contribution >= 0.6 is 0 Å². The van der Waals surface area contributed by atoms with Crippen LogP contribution in [0.15, 0.2) is 61.2 Å². The highest BCUT2D eigenvalue weighted by molar-refractivity contribution is 6.04. The minimum Gasteiger partial charge on any atom is -0.492 e. The summed E-state index contributed by atoms with van der Waals surface area (Å²) in [5.41, 5.74) is 1.93. The number of rotatable bonds is 7. The van der Waals surface area contributed by atoms with Gasteiger partial charge < -0.3 is 15.4 Å². The smallest absolute Gasteiger partial charge is 0.274 e. The molecule has 132 valence electrons. The second-order valence-corrected chi connectivity index (χ2v) is 5.38. The fourth-order valence-electron chi connectivity index (χ4n) is 2.31. The number of aromatic nitrogens is 3. The van der Waals surface area contributed by atoms with Gasteiger partial charge in [0.05, 0.1) is 12.3 Å². The van der Waals surface area contributed by atoms with Gasteiger partial charge in [-0.15, -0.1) is 0 Å². The van der Waals surface area contributed by atoms with Crippen molar-refractivity contribution < 1.29 is 9.53 Å². The van der Waals surface area contributed by atoms with Gasteiger partial charge in [-0.3, -0.25) is 9.78 Å². The quantitative estimate of drug-likeness (QED) is 0.681. The summed E-state index contributed by atoms with van der Waals surface area (Å²) >= 11 is 0. The molecule has 1 aromatic carbocycles. The SMILES string of the molecule is CCOc1ccccc1NC(=O)c1cc(NCc2ccncc2)ncn1. The van der Waals surface area contributed by atoms with Gasteiger partial charge in [0.15, 0.2) is 0 Å². The number of nitrogens with zero attached hydrogens (tertiary/aromatic N) is 3. The molecule has 0 saturated heterocycles. The lowest BCUT2D eigenvalue weighted by Crippen LogP contribution is -2.15. The number of pyridine rings is 1. The van der Waals surface area contributed by atoms with Crippen molar-refractivity contribution >= 4 is 17.4 Å². The third-order valence-electron chi connectivity index (χ3n) is 3.56. The van der Waals surface area contributed by atoms with Crippen molar-refractivity contribution in [2.75, 3.05) is 17.2 Å². The molecule has 2 heterocycles. The topological polar surface area (TPSA) is 89.0 Å². The molecule has 0 radical (unpaired) electrons. The number of para-hydroxylation sites is 2. The molecule has 7 nitrogen and oxygen atoms in total. The van der Waals surface area contributed by atoms with E-state index < -0.39 is 0 Å². The van der Waals surface area contributed by atoms with Crippen LogP contribution in [-0.2, 0) is 6.54 Å². The third-order valence-corrected chi connectivity index (χ3v) is 3.56. The fraction of sp³-hybridized carbons (Fsp3) is 0.158. The van der Waals surface area contributed by atoms with E-state index in [-0.39, 0.29) is 11.6 Å². The molecule has 7 heteroatoms. The van der Waals surface area contributed by atoms with Crippen molar-refractivity contribution in [3.8, 4) is 5.75 Å². The summed E-state index contributed by atoms with van der Waals surface area (Å²) in [7, 11) is 0. The minimum atomic E-state index is -0.327. The van der Waals surface area contributed by atoms with E-state index in [1.807, 2.05) is 31.2 Å². The maximum Gasteiger partial charge on any atom is 0.274 e. The van der Waals surface area contributed by atoms with Gasteiger partial charge in [-0.1, -0.05) is 12.1 Å². The number of carbonyl (C=O) groups is 1. The van der Waals surface area contributed by atoms with Gasteiger partial charge in [-0.05, 0) is 36.8 Å². The minimum absolute atomic E-state index is 0.267. The van der Waals surface area contributed by atoms with Gasteiger partial charge in [0.1, 0.15) is 23.6 Å². The maximum atomic E-state index is 12.5. The van der Waals surface area contributed by atoms with Crippen LogP contribution in [0.5, 0.6) is 5.75 Å². The molecule has 26 heavy (non-hydrogen) atoms. The Balaban J connectivity index is 1.68. The summed E-state index contributed by atoms with van der Waals surface area (Å²) in [5, 5.41) is 5.99. The van der Waals surface area contributed by atoms with Gasteiger partial charge in [0.2, 0.25) is 0 Å². The van der Waals surface area contributed by atoms with E-state index in [0.717, 1.165) is 5.56 Å². The first-order valence-electron chi connectivity index (χ1n) is 8.24. The number of benzene rings is 1. The largest absolute Gasteiger partial charge is 0.492 e. The molecule has 0 unspecified atom stereocenters. The Hall–Kier alpha value is -3.48. The molecule has 0 aliphatic heterocycles. The summed E-state index contributed by atoms with van der Waals surface area (Å²) < 4.78 is 5.52. The monoisotopic (exact) mass is 349 g/mol. The van der Waals surface area contributed by atoms with Crippen molar-refractivity contribution in [2.45, 2.75) is 13.5 Å². The summed E-state index contributed by atoms with van der Waals surface area (Å²) in [4.78, 5) is 24.7. The highest BCUT2D eigenvalue weighted by atomic mass is 16.5. The molecule has 0 aliphatic carbocycles. The number of nitrogens with one attached hydrogen (secondary N) is 2. The van der Waals surface area contributed by atoms with Gasteiger partial charge >= 0.3 is 0 Å². The average molecular weight is 349 g/mol. The summed E-state index contributed by atoms with van der Waals surface area (Å²) in [5.74, 6) is 0.861. The average Bonchev–Trinajstić information content (AvgIpc) is 2.69. The van der Waals surface area contributed by atoms with Crippen molar-refractivity contribution in [2.24, 2.45) is 0 Å². The molecule has 0 aliphatic rings. The molecule has 0 saturated carbocycles. The Bertz CT molecular complexity index is 871. The zero-order valence-corrected chi connectivity index (χ0v) is 14.3. The molecule has 2 aromatic heterocycles. The van der Waals surface area contributed by atoms with Crippen LogP contribution in [0.4, 0.5) is 11.5 Å². The Morgan fingerprint density at radius 1 is 1.12 bits per heavy atom. The van der Waals surface area contributed by atoms with Crippen LogP contribution in [-0.4, -0.2) is 27.5 Å². The van der Waals surface area contributed by atoms with Crippen LogP contribution in [0, 0.1) is 0 Å². The zero-order chi connectivity index (χ0) is 18.2. The molecular formula is C19H19N5O2. The van der Waals surface area contributed by atoms with E-state index >= 15 is 0 Å². The first kappa shape index (κ1) is 17.3. The number of amides is 1. The van der Waals surface area contributed by atoms with Crippen LogP contribution < -0.4 is 15.4 Å². The molecule has 0 atom stereocenters. The van der Waals surface area contributed by atoms with E-state index in [0.29, 0.717) is 30.4 Å². The molecule has 3 rings (SSSR count). The highest BCUT2D eigenvalue weighted by Gasteiger charge is 2.12. The standard InChI is InChI=1S/C19H19N5O2/c1-2-26-17-6-4-3-5-15(17)24-19(25)16-11-18(23-13-22-16)21-12-14-7-9-20-10-8-14/h3-11,13H,2,12H2,1H3,(H,24,25)(H,21,22,23). The molecule has 0 fully saturated rings. The Labute approximate surface area is 151 Å². The number of hydrogen-bond donors (Lipinski definition) is 2. The summed E-state index contributed by atoms with van der Waals surface area (Å²) in [6.45, 7) is 2.99. The number of ether oxygens (including phenoxy) is 1. The first-order valence-corrected chi connectivity index (χ1v) is 8.24. The maximum absolute atomic E-state index is 12.5. The van der Waals surface area contributed by atoms with Gasteiger partial charge in [0, 0.05) is 25.0 Å². The van der Waals surface area contributed by atoms with Crippen molar-refractivity contribution in [3.05, 3.63) is 72.4 Å². The predicted octanol–water partition coefficient (Wildman–Crippen LogP) is 3.13. The van der Waals surface area contributed by atoms with Gasteiger partial charge in [-0.25, -0.2) is 9.97 Å². The predicted molar refractivity (Wildman–Crippen MR) is 99.2 cm³/mol. The van der Waals surface area contributed by atoms with E-state index in [2.05, 4.69) is 25.6 Å². The van der Waals surface area contributed by atoms with E-state index in [1.54, 1.807) is 30.6 Å². The van der Waals surface area contributed by atoms with Crippen LogP contribution in [0.1, 0.15) is 23.0 Å². The van der Waals surface area contributed by atoms with Crippen LogP contribution in [0.3, 0.4) is 0 Å². The van der Waals surface area contributed by atoms with Gasteiger partial charge in [0.25, 0.3) is 5.91 Å². The van der Waals surface area contributed by atoms with E-state index in [9.17, 15) is 4.79 Å². The lowest BCUT2D eigenvalue weighted by atomic mass is 10.2. The number of anilines is 2. The normalized spacial score (nSPS) is 10.2. The van der Waals surface area contributed by atoms with Crippen molar-refractivity contribution in [1.29, 1.82) is 0 Å². The number of carbonyl (C=O) groups excluding carboxylic acids is 1. The van der Waals surface area contributed by atoms with Crippen molar-refractivity contribution in [1.82, 2.24) is 15.0 Å². The lowest BCUT2D eigenvalue weighted by molar-refractivity contribution is 0.102. The fourth-order valence-corrected chi connectivity index (χ4v) is 2.31. The number of hydrogen-bond acceptors (Lipinski definition) is 6. The molecule has 3 aromatic rings. The Morgan fingerprint density at radius 3 is 2.73 bits per heavy atom. The first-order chi connectivity index (χ1) is 12.8. The van der Waals surface area contributed by atoms with Gasteiger partial charge in [-0.2, -0.15) is 0 Å². The van der Waals surface area contributed by atoms with E-state index in [1.165, 1.54) is 6.33 Å². The third kappa shape index (κ3) is 4.54. The van der Waals surface area contributed by atoms with E-state index in [4.69, 9.17) is 4.74 Å². The molecule has 0 bridgehead atoms. The highest BCUT2D eigenvalue weighted by Crippen LogP contribution is 2.24. The second-order valence-electron chi connectivity index (χ2n) is 5.38. The molecule has 2 N–H and O–H groups in total. The molecule has 1 amide bonds. The Morgan fingerprint density at radius 2 is 1.92 bits per heavy atom. The summed E-state index contributed by atoms with van der Waals surface area (Å²) in [6.07, 6.45) is 4.82. The second kappa shape index (κ2) is 8.57. The lowest BCUT2D eigenvalue weighted by Gasteiger charge is -2.11. The summed E-state index contributed by atoms with van der Waals surface area (Å²) in [6, 6.07) is 12.7. The molecule has 0 spiro atoms. The zero-order valence-electron chi connectivity index (χ0n) is 14.3. The Kier molecular flexibility index (Phi) is 5.72. The molecular weight excluding hydrogens is 330 g/mol. The van der Waals surface area contributed by atoms with Crippen LogP contribution in [0.2, 0.25) is 0 Å². The van der Waals surface area contributed by atoms with Crippen molar-refractivity contribution in [3.63, 3.8) is 0 Å².